The lowest BCUT2D eigenvalue weighted by Crippen LogP contribution is -2.31. The van der Waals surface area contributed by atoms with E-state index in [2.05, 4.69) is 56.5 Å². The first kappa shape index (κ1) is 17.2. The van der Waals surface area contributed by atoms with E-state index in [0.29, 0.717) is 10.0 Å². The second kappa shape index (κ2) is 11.5. The molecule has 13 heteroatoms. The zero-order chi connectivity index (χ0) is 28.3. The molecule has 2 N–H and O–H groups in total. The molecule has 0 bridgehead atoms. The van der Waals surface area contributed by atoms with Gasteiger partial charge in [-0.15, -0.1) is 0 Å². The van der Waals surface area contributed by atoms with E-state index in [1.807, 2.05) is 4.72 Å². The molecule has 1 aromatic carbocycles. The van der Waals surface area contributed by atoms with Crippen molar-refractivity contribution < 1.29 is 26.1 Å². The maximum atomic E-state index is 12.6. The number of anilines is 1. The van der Waals surface area contributed by atoms with Crippen molar-refractivity contribution in [3.63, 3.8) is 0 Å². The maximum absolute atomic E-state index is 12.6. The average Bonchev–Trinajstić information content (AvgIpc) is 2.81. The van der Waals surface area contributed by atoms with Gasteiger partial charge >= 0.3 is 6.01 Å². The van der Waals surface area contributed by atoms with Crippen molar-refractivity contribution in [2.24, 2.45) is 0 Å². The van der Waals surface area contributed by atoms with Crippen LogP contribution in [0.5, 0.6) is 11.9 Å². The number of aromatic nitrogens is 4. The molecule has 0 saturated heterocycles. The molecule has 0 aliphatic carbocycles. The van der Waals surface area contributed by atoms with Gasteiger partial charge in [-0.05, 0) is 40.0 Å². The predicted octanol–water partition coefficient (Wildman–Crippen LogP) is 3.57. The summed E-state index contributed by atoms with van der Waals surface area (Å²) in [6.07, 6.45) is 0.148. The molecule has 0 saturated carbocycles. The predicted molar refractivity (Wildman–Crippen MR) is 127 cm³/mol. The lowest BCUT2D eigenvalue weighted by Gasteiger charge is -2.15. The van der Waals surface area contributed by atoms with Crippen LogP contribution < -0.4 is 18.9 Å². The van der Waals surface area contributed by atoms with Crippen LogP contribution in [0.3, 0.4) is 0 Å². The normalized spacial score (nSPS) is 14.8. The third-order valence-electron chi connectivity index (χ3n) is 3.49. The van der Waals surface area contributed by atoms with Crippen molar-refractivity contribution in [3.05, 3.63) is 51.9 Å². The molecule has 0 fully saturated rings. The fourth-order valence-electron chi connectivity index (χ4n) is 2.22. The highest BCUT2D eigenvalue weighted by Gasteiger charge is 2.19. The van der Waals surface area contributed by atoms with Gasteiger partial charge in [0.2, 0.25) is 5.88 Å². The first-order valence-corrected chi connectivity index (χ1v) is 11.9. The second-order valence-electron chi connectivity index (χ2n) is 5.73. The quantitative estimate of drug-likeness (QED) is 0.345. The minimum atomic E-state index is -4.47. The molecule has 0 aliphatic heterocycles. The molecule has 2 heterocycles. The van der Waals surface area contributed by atoms with Gasteiger partial charge in [-0.1, -0.05) is 35.0 Å². The highest BCUT2D eigenvalue weighted by atomic mass is 79.9. The Morgan fingerprint density at radius 1 is 1.06 bits per heavy atom. The smallest absolute Gasteiger partial charge is 0.316 e. The van der Waals surface area contributed by atoms with Gasteiger partial charge in [0, 0.05) is 26.1 Å². The molecule has 3 rings (SSSR count). The van der Waals surface area contributed by atoms with Crippen LogP contribution in [0, 0.1) is 0 Å². The number of halogens is 2. The summed E-state index contributed by atoms with van der Waals surface area (Å²) < 4.78 is 88.0. The standard InChI is InChI=1S/C19H20Br2N6O4S/c1-2-7-26-32(28,29)27-17-16(13-3-5-14(20)6-4-13)18(25-12-24-17)30-8-9-31-19-22-10-15(21)11-23-19/h3-6,10-12,26H,2,7-9H2,1H3,(H,24,25,27)/i7D2,8D2,10D,11D. The SMILES string of the molecule is [2H]c1nc(OCC([2H])([2H])Oc2ncnc(NS(=O)(=O)NC([2H])([2H])CC)c2-c2ccc(Br)cc2)nc([2H])c1Br. The number of hydrogen-bond donors (Lipinski definition) is 2. The summed E-state index contributed by atoms with van der Waals surface area (Å²) in [6, 6.07) is 6.05. The topological polar surface area (TPSA) is 128 Å². The second-order valence-corrected chi connectivity index (χ2v) is 8.85. The summed E-state index contributed by atoms with van der Waals surface area (Å²) in [6.45, 7) is -4.13. The largest absolute Gasteiger partial charge is 0.473 e. The van der Waals surface area contributed by atoms with Gasteiger partial charge < -0.3 is 9.47 Å². The molecule has 0 amide bonds. The fourth-order valence-corrected chi connectivity index (χ4v) is 3.46. The lowest BCUT2D eigenvalue weighted by atomic mass is 10.1. The first-order valence-electron chi connectivity index (χ1n) is 11.9. The van der Waals surface area contributed by atoms with Crippen molar-refractivity contribution >= 4 is 47.9 Å². The first-order chi connectivity index (χ1) is 17.6. The summed E-state index contributed by atoms with van der Waals surface area (Å²) in [4.78, 5) is 15.3. The Hall–Kier alpha value is -2.35. The van der Waals surface area contributed by atoms with Crippen LogP contribution in [0.15, 0.2) is 51.9 Å². The van der Waals surface area contributed by atoms with Crippen LogP contribution in [0.1, 0.15) is 21.6 Å². The van der Waals surface area contributed by atoms with Gasteiger partial charge in [0.15, 0.2) is 5.82 Å². The van der Waals surface area contributed by atoms with E-state index < -0.39 is 35.9 Å². The fraction of sp³-hybridized carbons (Fsp3) is 0.263. The summed E-state index contributed by atoms with van der Waals surface area (Å²) in [5.74, 6) is -0.659. The minimum absolute atomic E-state index is 0.0342. The van der Waals surface area contributed by atoms with Gasteiger partial charge in [-0.3, -0.25) is 4.72 Å². The Bertz CT molecular complexity index is 1400. The Balaban J connectivity index is 1.95. The van der Waals surface area contributed by atoms with E-state index in [-0.39, 0.29) is 40.5 Å². The summed E-state index contributed by atoms with van der Waals surface area (Å²) in [5, 5.41) is 0. The number of rotatable bonds is 11. The number of ether oxygens (including phenoxy) is 2. The van der Waals surface area contributed by atoms with Gasteiger partial charge in [-0.2, -0.15) is 13.1 Å². The van der Waals surface area contributed by atoms with Crippen molar-refractivity contribution in [3.8, 4) is 23.0 Å². The number of hydrogen-bond acceptors (Lipinski definition) is 8. The highest BCUT2D eigenvalue weighted by Crippen LogP contribution is 2.34. The number of nitrogens with zero attached hydrogens (tertiary/aromatic N) is 4. The monoisotopic (exact) mass is 592 g/mol. The summed E-state index contributed by atoms with van der Waals surface area (Å²) in [7, 11) is -4.47. The van der Waals surface area contributed by atoms with Crippen LogP contribution in [-0.4, -0.2) is 48.0 Å². The molecule has 170 valence electrons. The molecular formula is C19H20Br2N6O4S. The van der Waals surface area contributed by atoms with E-state index in [4.69, 9.17) is 17.7 Å². The molecular weight excluding hydrogens is 568 g/mol. The maximum Gasteiger partial charge on any atom is 0.316 e. The van der Waals surface area contributed by atoms with Gasteiger partial charge in [0.05, 0.1) is 15.5 Å². The van der Waals surface area contributed by atoms with Crippen molar-refractivity contribution in [2.45, 2.75) is 13.3 Å². The Morgan fingerprint density at radius 2 is 1.78 bits per heavy atom. The van der Waals surface area contributed by atoms with Crippen LogP contribution in [-0.2, 0) is 10.2 Å². The van der Waals surface area contributed by atoms with Crippen molar-refractivity contribution in [2.75, 3.05) is 24.4 Å². The molecule has 0 radical (unpaired) electrons. The molecule has 0 aliphatic rings. The van der Waals surface area contributed by atoms with E-state index in [1.165, 1.54) is 6.92 Å². The molecule has 2 aromatic heterocycles. The van der Waals surface area contributed by atoms with Crippen LogP contribution in [0.2, 0.25) is 0 Å². The third-order valence-corrected chi connectivity index (χ3v) is 5.25. The van der Waals surface area contributed by atoms with Gasteiger partial charge in [0.1, 0.15) is 19.5 Å². The van der Waals surface area contributed by atoms with Crippen molar-refractivity contribution in [1.29, 1.82) is 0 Å². The molecule has 10 nitrogen and oxygen atoms in total. The van der Waals surface area contributed by atoms with Gasteiger partial charge in [-0.25, -0.2) is 19.9 Å². The van der Waals surface area contributed by atoms with Gasteiger partial charge in [0.25, 0.3) is 10.2 Å². The molecule has 0 spiro atoms. The van der Waals surface area contributed by atoms with E-state index >= 15 is 0 Å². The third kappa shape index (κ3) is 7.08. The number of nitrogens with one attached hydrogen (secondary N) is 2. The van der Waals surface area contributed by atoms with Crippen LogP contribution >= 0.6 is 31.9 Å². The minimum Gasteiger partial charge on any atom is -0.473 e. The Morgan fingerprint density at radius 3 is 2.47 bits per heavy atom. The molecule has 3 aromatic rings. The summed E-state index contributed by atoms with van der Waals surface area (Å²) >= 11 is 6.29. The highest BCUT2D eigenvalue weighted by molar-refractivity contribution is 9.10. The van der Waals surface area contributed by atoms with E-state index in [1.54, 1.807) is 24.3 Å². The van der Waals surface area contributed by atoms with Crippen LogP contribution in [0.4, 0.5) is 5.82 Å². The Kier molecular flexibility index (Phi) is 6.17. The number of benzene rings is 1. The summed E-state index contributed by atoms with van der Waals surface area (Å²) in [5.41, 5.74) is 0.318. The van der Waals surface area contributed by atoms with E-state index in [0.717, 1.165) is 6.33 Å². The molecule has 0 unspecified atom stereocenters. The lowest BCUT2D eigenvalue weighted by molar-refractivity contribution is 0.202. The Labute approximate surface area is 211 Å². The molecule has 32 heavy (non-hydrogen) atoms. The van der Waals surface area contributed by atoms with Crippen molar-refractivity contribution in [1.82, 2.24) is 24.7 Å². The van der Waals surface area contributed by atoms with Crippen LogP contribution in [0.25, 0.3) is 11.1 Å². The zero-order valence-corrected chi connectivity index (χ0v) is 20.4. The molecule has 0 atom stereocenters. The average molecular weight is 594 g/mol. The van der Waals surface area contributed by atoms with E-state index in [9.17, 15) is 8.42 Å². The zero-order valence-electron chi connectivity index (χ0n) is 22.4.